The molecule has 16 heavy (non-hydrogen) atoms. The van der Waals surface area contributed by atoms with Gasteiger partial charge in [0.1, 0.15) is 11.5 Å². The molecular weight excluding hydrogens is 204 g/mol. The molecule has 0 fully saturated rings. The highest BCUT2D eigenvalue weighted by Gasteiger charge is 2.05. The fourth-order valence-corrected chi connectivity index (χ4v) is 1.43. The van der Waals surface area contributed by atoms with Crippen LogP contribution in [0.3, 0.4) is 0 Å². The van der Waals surface area contributed by atoms with E-state index in [4.69, 9.17) is 5.84 Å². The molecule has 0 bridgehead atoms. The summed E-state index contributed by atoms with van der Waals surface area (Å²) in [6.07, 6.45) is 0. The zero-order valence-corrected chi connectivity index (χ0v) is 8.54. The number of hydrogen-bond donors (Lipinski definition) is 3. The molecule has 0 aromatic heterocycles. The van der Waals surface area contributed by atoms with Crippen LogP contribution in [0.15, 0.2) is 48.5 Å². The van der Waals surface area contributed by atoms with Gasteiger partial charge in [-0.15, -0.1) is 0 Å². The van der Waals surface area contributed by atoms with E-state index in [1.807, 2.05) is 0 Å². The minimum Gasteiger partial charge on any atom is -0.508 e. The summed E-state index contributed by atoms with van der Waals surface area (Å²) in [4.78, 5) is 0. The first-order chi connectivity index (χ1) is 7.66. The summed E-state index contributed by atoms with van der Waals surface area (Å²) in [6, 6.07) is 13.2. The summed E-state index contributed by atoms with van der Waals surface area (Å²) in [5.41, 5.74) is 1.29. The Bertz CT molecular complexity index is 454. The molecule has 0 heterocycles. The van der Waals surface area contributed by atoms with Gasteiger partial charge < -0.3 is 10.2 Å². The molecule has 0 unspecified atom stereocenters. The molecule has 0 aliphatic heterocycles. The van der Waals surface area contributed by atoms with E-state index in [9.17, 15) is 10.2 Å². The van der Waals surface area contributed by atoms with Crippen molar-refractivity contribution in [2.45, 2.75) is 0 Å². The number of hydrogen-bond acceptors (Lipinski definition) is 4. The van der Waals surface area contributed by atoms with Crippen LogP contribution >= 0.6 is 0 Å². The van der Waals surface area contributed by atoms with E-state index in [1.165, 1.54) is 5.01 Å². The van der Waals surface area contributed by atoms with Crippen molar-refractivity contribution in [3.63, 3.8) is 0 Å². The first-order valence-corrected chi connectivity index (χ1v) is 4.80. The third-order valence-electron chi connectivity index (χ3n) is 2.22. The minimum absolute atomic E-state index is 0.146. The number of hydrazine groups is 1. The zero-order valence-electron chi connectivity index (χ0n) is 8.54. The van der Waals surface area contributed by atoms with E-state index in [2.05, 4.69) is 0 Å². The number of rotatable bonds is 2. The molecule has 2 aromatic rings. The Labute approximate surface area is 93.1 Å². The number of anilines is 2. The first-order valence-electron chi connectivity index (χ1n) is 4.80. The number of nitrogens with two attached hydrogens (primary N) is 1. The van der Waals surface area contributed by atoms with Gasteiger partial charge in [0.15, 0.2) is 0 Å². The fourth-order valence-electron chi connectivity index (χ4n) is 1.43. The predicted octanol–water partition coefficient (Wildman–Crippen LogP) is 2.11. The Kier molecular flexibility index (Phi) is 2.66. The minimum atomic E-state index is 0.146. The van der Waals surface area contributed by atoms with Gasteiger partial charge in [-0.1, -0.05) is 12.1 Å². The molecule has 0 saturated carbocycles. The topological polar surface area (TPSA) is 69.7 Å². The van der Waals surface area contributed by atoms with Crippen molar-refractivity contribution in [3.05, 3.63) is 48.5 Å². The lowest BCUT2D eigenvalue weighted by atomic mass is 10.2. The lowest BCUT2D eigenvalue weighted by molar-refractivity contribution is 0.475. The van der Waals surface area contributed by atoms with Gasteiger partial charge in [0.25, 0.3) is 0 Å². The molecule has 0 spiro atoms. The summed E-state index contributed by atoms with van der Waals surface area (Å²) < 4.78 is 0. The second-order valence-electron chi connectivity index (χ2n) is 3.41. The molecule has 2 aromatic carbocycles. The molecule has 4 N–H and O–H groups in total. The molecule has 2 rings (SSSR count). The summed E-state index contributed by atoms with van der Waals surface area (Å²) in [7, 11) is 0. The first kappa shape index (κ1) is 10.3. The van der Waals surface area contributed by atoms with E-state index in [0.717, 1.165) is 0 Å². The van der Waals surface area contributed by atoms with E-state index in [-0.39, 0.29) is 11.5 Å². The number of phenolic OH excluding ortho intramolecular Hbond substituents is 2. The van der Waals surface area contributed by atoms with Crippen LogP contribution in [0.5, 0.6) is 11.5 Å². The summed E-state index contributed by atoms with van der Waals surface area (Å²) in [5, 5.41) is 20.1. The maximum atomic E-state index is 9.33. The SMILES string of the molecule is NN(c1cccc(O)c1)c1cccc(O)c1. The van der Waals surface area contributed by atoms with Crippen molar-refractivity contribution in [3.8, 4) is 11.5 Å². The molecular formula is C12H12N2O2. The highest BCUT2D eigenvalue weighted by Crippen LogP contribution is 2.26. The Morgan fingerprint density at radius 3 is 1.62 bits per heavy atom. The molecule has 0 aliphatic rings. The van der Waals surface area contributed by atoms with Crippen molar-refractivity contribution in [1.82, 2.24) is 0 Å². The normalized spacial score (nSPS) is 10.1. The lowest BCUT2D eigenvalue weighted by Gasteiger charge is -2.18. The maximum Gasteiger partial charge on any atom is 0.117 e. The average molecular weight is 216 g/mol. The maximum absolute atomic E-state index is 9.33. The van der Waals surface area contributed by atoms with Crippen molar-refractivity contribution in [2.75, 3.05) is 5.01 Å². The largest absolute Gasteiger partial charge is 0.508 e. The Balaban J connectivity index is 2.35. The monoisotopic (exact) mass is 216 g/mol. The van der Waals surface area contributed by atoms with Gasteiger partial charge in [-0.25, -0.2) is 5.84 Å². The number of aromatic hydroxyl groups is 2. The van der Waals surface area contributed by atoms with Crippen LogP contribution in [0.25, 0.3) is 0 Å². The number of phenols is 2. The Morgan fingerprint density at radius 2 is 1.25 bits per heavy atom. The van der Waals surface area contributed by atoms with E-state index in [1.54, 1.807) is 48.5 Å². The van der Waals surface area contributed by atoms with Gasteiger partial charge in [-0.2, -0.15) is 0 Å². The van der Waals surface area contributed by atoms with Crippen LogP contribution in [0.4, 0.5) is 11.4 Å². The highest BCUT2D eigenvalue weighted by molar-refractivity contribution is 5.63. The molecule has 82 valence electrons. The van der Waals surface area contributed by atoms with E-state index in [0.29, 0.717) is 11.4 Å². The van der Waals surface area contributed by atoms with Crippen LogP contribution in [0.2, 0.25) is 0 Å². The van der Waals surface area contributed by atoms with Gasteiger partial charge in [0, 0.05) is 12.1 Å². The third-order valence-corrected chi connectivity index (χ3v) is 2.22. The molecule has 0 saturated heterocycles. The lowest BCUT2D eigenvalue weighted by Crippen LogP contribution is -2.24. The predicted molar refractivity (Wildman–Crippen MR) is 62.5 cm³/mol. The van der Waals surface area contributed by atoms with Crippen LogP contribution < -0.4 is 10.9 Å². The van der Waals surface area contributed by atoms with E-state index >= 15 is 0 Å². The van der Waals surface area contributed by atoms with Crippen LogP contribution in [0.1, 0.15) is 0 Å². The molecule has 4 nitrogen and oxygen atoms in total. The fraction of sp³-hybridized carbons (Fsp3) is 0. The second-order valence-corrected chi connectivity index (χ2v) is 3.41. The van der Waals surface area contributed by atoms with E-state index < -0.39 is 0 Å². The highest BCUT2D eigenvalue weighted by atomic mass is 16.3. The van der Waals surface area contributed by atoms with Crippen molar-refractivity contribution >= 4 is 11.4 Å². The van der Waals surface area contributed by atoms with Crippen LogP contribution in [0, 0.1) is 0 Å². The number of benzene rings is 2. The molecule has 0 amide bonds. The van der Waals surface area contributed by atoms with Crippen LogP contribution in [-0.4, -0.2) is 10.2 Å². The zero-order chi connectivity index (χ0) is 11.5. The molecule has 0 aliphatic carbocycles. The molecule has 0 radical (unpaired) electrons. The Morgan fingerprint density at radius 1 is 0.812 bits per heavy atom. The summed E-state index contributed by atoms with van der Waals surface area (Å²) in [5.74, 6) is 6.16. The molecule has 0 atom stereocenters. The number of nitrogens with zero attached hydrogens (tertiary/aromatic N) is 1. The van der Waals surface area contributed by atoms with Gasteiger partial charge in [0.2, 0.25) is 0 Å². The average Bonchev–Trinajstić information content (AvgIpc) is 2.28. The van der Waals surface area contributed by atoms with Gasteiger partial charge in [-0.3, -0.25) is 5.01 Å². The standard InChI is InChI=1S/C12H12N2O2/c13-14(9-3-1-5-11(15)7-9)10-4-2-6-12(16)8-10/h1-8,15-16H,13H2. The van der Waals surface area contributed by atoms with Crippen molar-refractivity contribution < 1.29 is 10.2 Å². The second kappa shape index (κ2) is 4.12. The van der Waals surface area contributed by atoms with Crippen molar-refractivity contribution in [1.29, 1.82) is 0 Å². The van der Waals surface area contributed by atoms with Gasteiger partial charge in [0.05, 0.1) is 11.4 Å². The van der Waals surface area contributed by atoms with Gasteiger partial charge >= 0.3 is 0 Å². The Hall–Kier alpha value is -2.20. The van der Waals surface area contributed by atoms with Crippen molar-refractivity contribution in [2.24, 2.45) is 5.84 Å². The quantitative estimate of drug-likeness (QED) is 0.531. The van der Waals surface area contributed by atoms with Gasteiger partial charge in [-0.05, 0) is 24.3 Å². The summed E-state index contributed by atoms with van der Waals surface area (Å²) in [6.45, 7) is 0. The third kappa shape index (κ3) is 2.07. The molecule has 4 heteroatoms. The summed E-state index contributed by atoms with van der Waals surface area (Å²) >= 11 is 0. The smallest absolute Gasteiger partial charge is 0.117 e. The van der Waals surface area contributed by atoms with Crippen LogP contribution in [-0.2, 0) is 0 Å².